The van der Waals surface area contributed by atoms with E-state index < -0.39 is 5.60 Å². The molecule has 0 unspecified atom stereocenters. The number of fused-ring (bicyclic) bond motifs is 1. The molecule has 2 rings (SSSR count). The summed E-state index contributed by atoms with van der Waals surface area (Å²) in [6.07, 6.45) is 1.62. The summed E-state index contributed by atoms with van der Waals surface area (Å²) in [5.74, 6) is 0.912. The molecule has 0 bridgehead atoms. The van der Waals surface area contributed by atoms with Crippen LogP contribution in [0.5, 0.6) is 0 Å². The van der Waals surface area contributed by atoms with Gasteiger partial charge in [-0.15, -0.1) is 0 Å². The Morgan fingerprint density at radius 2 is 2.06 bits per heavy atom. The highest BCUT2D eigenvalue weighted by atomic mass is 16.4. The van der Waals surface area contributed by atoms with Gasteiger partial charge in [0.15, 0.2) is 5.89 Å². The third-order valence-corrected chi connectivity index (χ3v) is 2.46. The first kappa shape index (κ1) is 11.1. The summed E-state index contributed by atoms with van der Waals surface area (Å²) in [5.41, 5.74) is 1.06. The molecular weight excluding hydrogens is 204 g/mol. The molecule has 4 nitrogen and oxygen atoms in total. The molecule has 4 heteroatoms. The molecule has 2 aromatic heterocycles. The fourth-order valence-corrected chi connectivity index (χ4v) is 1.42. The lowest BCUT2D eigenvalue weighted by atomic mass is 10.0. The summed E-state index contributed by atoms with van der Waals surface area (Å²) >= 11 is 0. The number of pyridine rings is 1. The van der Waals surface area contributed by atoms with Crippen molar-refractivity contribution < 1.29 is 9.52 Å². The molecule has 1 N–H and O–H groups in total. The molecule has 0 atom stereocenters. The van der Waals surface area contributed by atoms with Crippen molar-refractivity contribution in [2.75, 3.05) is 0 Å². The number of hydrogen-bond acceptors (Lipinski definition) is 4. The molecule has 0 aliphatic carbocycles. The molecule has 0 radical (unpaired) electrons. The highest BCUT2D eigenvalue weighted by Gasteiger charge is 2.19. The van der Waals surface area contributed by atoms with Crippen LogP contribution in [0, 0.1) is 0 Å². The minimum Gasteiger partial charge on any atom is -0.422 e. The second-order valence-corrected chi connectivity index (χ2v) is 4.81. The van der Waals surface area contributed by atoms with Crippen LogP contribution in [0.15, 0.2) is 16.7 Å². The highest BCUT2D eigenvalue weighted by Crippen LogP contribution is 2.24. The Kier molecular flexibility index (Phi) is 2.46. The third-order valence-electron chi connectivity index (χ3n) is 2.46. The smallest absolute Gasteiger partial charge is 0.246 e. The molecule has 0 saturated heterocycles. The highest BCUT2D eigenvalue weighted by molar-refractivity contribution is 5.69. The first-order chi connectivity index (χ1) is 7.38. The summed E-state index contributed by atoms with van der Waals surface area (Å²) in [7, 11) is 0. The molecule has 0 aliphatic heterocycles. The molecule has 86 valence electrons. The maximum absolute atomic E-state index is 9.87. The summed E-state index contributed by atoms with van der Waals surface area (Å²) in [6, 6.07) is 1.82. The molecule has 0 amide bonds. The molecule has 0 fully saturated rings. The van der Waals surface area contributed by atoms with E-state index in [1.54, 1.807) is 20.0 Å². The summed E-state index contributed by atoms with van der Waals surface area (Å²) in [4.78, 5) is 8.51. The SMILES string of the molecule is CC(C)c1nc2cc(C(C)(C)O)cnc2o1. The Balaban J connectivity index is 2.54. The van der Waals surface area contributed by atoms with Crippen LogP contribution in [-0.4, -0.2) is 15.1 Å². The first-order valence-corrected chi connectivity index (χ1v) is 5.37. The monoisotopic (exact) mass is 220 g/mol. The van der Waals surface area contributed by atoms with Crippen LogP contribution >= 0.6 is 0 Å². The van der Waals surface area contributed by atoms with E-state index in [4.69, 9.17) is 4.42 Å². The van der Waals surface area contributed by atoms with Crippen molar-refractivity contribution in [2.45, 2.75) is 39.2 Å². The Morgan fingerprint density at radius 1 is 1.38 bits per heavy atom. The molecule has 0 aliphatic rings. The van der Waals surface area contributed by atoms with Crippen molar-refractivity contribution in [3.05, 3.63) is 23.7 Å². The quantitative estimate of drug-likeness (QED) is 0.845. The fourth-order valence-electron chi connectivity index (χ4n) is 1.42. The number of rotatable bonds is 2. The van der Waals surface area contributed by atoms with E-state index in [-0.39, 0.29) is 5.92 Å². The van der Waals surface area contributed by atoms with Crippen molar-refractivity contribution in [1.29, 1.82) is 0 Å². The van der Waals surface area contributed by atoms with Gasteiger partial charge in [-0.05, 0) is 19.9 Å². The maximum atomic E-state index is 9.87. The van der Waals surface area contributed by atoms with E-state index in [0.29, 0.717) is 17.1 Å². The molecule has 0 saturated carbocycles. The van der Waals surface area contributed by atoms with Crippen LogP contribution in [0.25, 0.3) is 11.2 Å². The zero-order valence-electron chi connectivity index (χ0n) is 9.98. The first-order valence-electron chi connectivity index (χ1n) is 5.37. The van der Waals surface area contributed by atoms with E-state index in [0.717, 1.165) is 5.56 Å². The minimum absolute atomic E-state index is 0.236. The minimum atomic E-state index is -0.905. The molecular formula is C12H16N2O2. The average molecular weight is 220 g/mol. The predicted octanol–water partition coefficient (Wildman–Crippen LogP) is 2.57. The molecule has 0 aromatic carbocycles. The topological polar surface area (TPSA) is 59.2 Å². The predicted molar refractivity (Wildman–Crippen MR) is 61.1 cm³/mol. The van der Waals surface area contributed by atoms with Crippen LogP contribution in [0.2, 0.25) is 0 Å². The van der Waals surface area contributed by atoms with Crippen molar-refractivity contribution in [3.8, 4) is 0 Å². The Labute approximate surface area is 94.3 Å². The maximum Gasteiger partial charge on any atom is 0.246 e. The van der Waals surface area contributed by atoms with Crippen molar-refractivity contribution in [2.24, 2.45) is 0 Å². The van der Waals surface area contributed by atoms with Crippen LogP contribution < -0.4 is 0 Å². The van der Waals surface area contributed by atoms with Gasteiger partial charge in [0, 0.05) is 17.7 Å². The summed E-state index contributed by atoms with van der Waals surface area (Å²) in [6.45, 7) is 7.47. The lowest BCUT2D eigenvalue weighted by molar-refractivity contribution is 0.0784. The fraction of sp³-hybridized carbons (Fsp3) is 0.500. The van der Waals surface area contributed by atoms with Crippen molar-refractivity contribution >= 4 is 11.2 Å². The Bertz CT molecular complexity index is 509. The van der Waals surface area contributed by atoms with Crippen LogP contribution in [0.1, 0.15) is 45.1 Å². The second-order valence-electron chi connectivity index (χ2n) is 4.81. The van der Waals surface area contributed by atoms with E-state index in [2.05, 4.69) is 9.97 Å². The van der Waals surface area contributed by atoms with Crippen LogP contribution in [-0.2, 0) is 5.60 Å². The van der Waals surface area contributed by atoms with Gasteiger partial charge in [-0.2, -0.15) is 0 Å². The lowest BCUT2D eigenvalue weighted by Crippen LogP contribution is -2.15. The largest absolute Gasteiger partial charge is 0.422 e. The normalized spacial score (nSPS) is 12.6. The van der Waals surface area contributed by atoms with Gasteiger partial charge >= 0.3 is 0 Å². The van der Waals surface area contributed by atoms with E-state index in [9.17, 15) is 5.11 Å². The molecule has 16 heavy (non-hydrogen) atoms. The average Bonchev–Trinajstić information content (AvgIpc) is 2.58. The van der Waals surface area contributed by atoms with Gasteiger partial charge < -0.3 is 9.52 Å². The van der Waals surface area contributed by atoms with Crippen molar-refractivity contribution in [1.82, 2.24) is 9.97 Å². The number of oxazole rings is 1. The van der Waals surface area contributed by atoms with Gasteiger partial charge in [0.2, 0.25) is 5.71 Å². The van der Waals surface area contributed by atoms with Crippen LogP contribution in [0.3, 0.4) is 0 Å². The van der Waals surface area contributed by atoms with Gasteiger partial charge in [-0.3, -0.25) is 0 Å². The molecule has 0 spiro atoms. The standard InChI is InChI=1S/C12H16N2O2/c1-7(2)10-14-9-5-8(12(3,4)15)6-13-11(9)16-10/h5-7,15H,1-4H3. The zero-order chi connectivity index (χ0) is 11.9. The van der Waals surface area contributed by atoms with E-state index in [1.807, 2.05) is 19.9 Å². The third kappa shape index (κ3) is 1.93. The zero-order valence-corrected chi connectivity index (χ0v) is 9.98. The Morgan fingerprint density at radius 3 is 2.62 bits per heavy atom. The number of hydrogen-bond donors (Lipinski definition) is 1. The molecule has 2 heterocycles. The number of aliphatic hydroxyl groups is 1. The lowest BCUT2D eigenvalue weighted by Gasteiger charge is -2.16. The van der Waals surface area contributed by atoms with Gasteiger partial charge in [0.1, 0.15) is 5.52 Å². The van der Waals surface area contributed by atoms with Gasteiger partial charge in [0.05, 0.1) is 5.60 Å². The van der Waals surface area contributed by atoms with Crippen molar-refractivity contribution in [3.63, 3.8) is 0 Å². The van der Waals surface area contributed by atoms with Gasteiger partial charge in [-0.1, -0.05) is 13.8 Å². The van der Waals surface area contributed by atoms with Gasteiger partial charge in [-0.25, -0.2) is 9.97 Å². The summed E-state index contributed by atoms with van der Waals surface area (Å²) in [5, 5.41) is 9.87. The van der Waals surface area contributed by atoms with Crippen LogP contribution in [0.4, 0.5) is 0 Å². The van der Waals surface area contributed by atoms with Gasteiger partial charge in [0.25, 0.3) is 0 Å². The summed E-state index contributed by atoms with van der Waals surface area (Å²) < 4.78 is 5.49. The Hall–Kier alpha value is -1.42. The van der Waals surface area contributed by atoms with E-state index in [1.165, 1.54) is 0 Å². The molecule has 2 aromatic rings. The number of nitrogens with zero attached hydrogens (tertiary/aromatic N) is 2. The van der Waals surface area contributed by atoms with E-state index >= 15 is 0 Å². The number of aromatic nitrogens is 2. The second kappa shape index (κ2) is 3.56.